The van der Waals surface area contributed by atoms with Crippen LogP contribution in [0.3, 0.4) is 0 Å². The van der Waals surface area contributed by atoms with Crippen molar-refractivity contribution in [1.82, 2.24) is 9.97 Å². The molecule has 4 atom stereocenters. The molecule has 23 heteroatoms. The van der Waals surface area contributed by atoms with E-state index in [1.807, 2.05) is 61.2 Å². The summed E-state index contributed by atoms with van der Waals surface area (Å²) in [5.74, 6) is 0.399. The average Bonchev–Trinajstić information content (AvgIpc) is 1.17. The molecule has 16 aromatic rings. The van der Waals surface area contributed by atoms with E-state index in [0.717, 1.165) is 106 Å². The number of H-pyrrole nitrogens is 2. The van der Waals surface area contributed by atoms with Crippen LogP contribution in [0.25, 0.3) is 11.1 Å². The molecular weight excluding hydrogens is 2240 g/mol. The first-order valence-electron chi connectivity index (χ1n) is 48.3. The van der Waals surface area contributed by atoms with Crippen LogP contribution in [0.4, 0.5) is 13.2 Å². The Balaban J connectivity index is 0.000000185. The van der Waals surface area contributed by atoms with E-state index < -0.39 is 44.6 Å². The van der Waals surface area contributed by atoms with Crippen molar-refractivity contribution in [3.05, 3.63) is 538 Å². The number of aromatic amines is 2. The van der Waals surface area contributed by atoms with Crippen molar-refractivity contribution in [1.29, 1.82) is 0 Å². The summed E-state index contributed by atoms with van der Waals surface area (Å²) in [6.45, 7) is 0. The summed E-state index contributed by atoms with van der Waals surface area (Å²) in [7, 11) is -3.37. The van der Waals surface area contributed by atoms with Crippen LogP contribution in [0.5, 0.6) is 0 Å². The summed E-state index contributed by atoms with van der Waals surface area (Å²) < 4.78 is 42.1. The van der Waals surface area contributed by atoms with E-state index in [1.54, 1.807) is 30.0 Å². The van der Waals surface area contributed by atoms with E-state index in [1.165, 1.54) is 106 Å². The first-order valence-corrected chi connectivity index (χ1v) is 58.0. The molecule has 0 saturated carbocycles. The molecule has 5 N–H and O–H groups in total. The molecule has 0 amide bonds. The van der Waals surface area contributed by atoms with Gasteiger partial charge < -0.3 is 34.7 Å². The number of thioether (sulfide) groups is 1. The topological polar surface area (TPSA) is 143 Å². The van der Waals surface area contributed by atoms with Gasteiger partial charge in [-0.15, -0.1) is 0 Å². The SMILES string of the molecule is CSC.Fc1cccc(C2=CCC[C@H]2Cc2c[nH]c(=S)[nH]2)c1.O=C1CCC=C1Br.O=CC[C@@H]1C=CC=C1Br.O=CC[C@@H]1CCC=C1c1cccc(F)c1.OB(O)c1cccc(F)c1.O[C@H]1CCC=C1Br.[B].[Pd].c1ccc(P(c2ccccc2)c2ccccc2)cc1.c1ccc(P(c2ccccc2)c2ccccc2)cc1.c1ccc(P(c2ccccc2)c2ccccc2)cc1.c1ccc(P(c2ccccc2)c2ccccc2)cc1. The van der Waals surface area contributed by atoms with Crippen molar-refractivity contribution >= 4 is 218 Å². The Morgan fingerprint density at radius 3 is 0.905 bits per heavy atom. The number of carbonyl (C=O) groups excluding carboxylic acids is 3. The monoisotopic (exact) mass is 2350 g/mol. The standard InChI is InChI=1S/4C18H15P.C15H15FN2S.C13H13FO.C7H7BrO.C6H6BFO2.C5H7BrO.C5H5BrO.C2H6S.B.Pd/c4*1-4-10-16(11-5-1)19(17-12-6-2-7-13-17)18-14-8-3-9-15-18;16-12-5-1-3-10(7-12)14-6-2-4-11(14)8-13-9-17-15(19)18-13;14-12-5-1-4-11(9-12)13-6-2-3-10(13)7-8-15;8-7-3-1-2-6(7)4-5-9;8-6-3-1-2-5(4-6)7(9)10;2*6-4-2-1-3-5(4)7;1-3-2;;/h4*1-15H;1,3,5-7,9,11H,2,4,8H2,(H2,17,18,19);1,4-6,8-10H,2-3,7H2;1-3,5-6H,4H2;1-4,9-10H;2,5,7H,1,3H2;2H,1,3H2;1-2H3;;/t;;;;11-;10-;6-;;5-;;;;/m....000.0..../s1. The molecule has 755 valence electrons. The molecule has 21 rings (SSSR count). The maximum Gasteiger partial charge on any atom is 0.488 e. The zero-order chi connectivity index (χ0) is 103. The fraction of sp³-hybridized carbons (Fsp3) is 0.136. The quantitative estimate of drug-likeness (QED) is 0.0207. The van der Waals surface area contributed by atoms with Gasteiger partial charge >= 0.3 is 7.12 Å². The van der Waals surface area contributed by atoms with Gasteiger partial charge in [-0.05, 0) is 263 Å². The van der Waals surface area contributed by atoms with Gasteiger partial charge in [0.15, 0.2) is 10.6 Å². The number of imidazole rings is 1. The van der Waals surface area contributed by atoms with E-state index in [9.17, 15) is 27.6 Å². The average molecular weight is 2360 g/mol. The van der Waals surface area contributed by atoms with E-state index in [2.05, 4.69) is 434 Å². The molecule has 15 aromatic carbocycles. The normalized spacial score (nSPS) is 14.5. The van der Waals surface area contributed by atoms with Gasteiger partial charge in [0, 0.05) is 74.9 Å². The summed E-state index contributed by atoms with van der Waals surface area (Å²) in [5, 5.41) is 42.7. The number of nitrogens with one attached hydrogen (secondary N) is 2. The third-order valence-corrected chi connectivity index (χ3v) is 35.6. The summed E-state index contributed by atoms with van der Waals surface area (Å²) in [5.41, 5.74) is 5.57. The first kappa shape index (κ1) is 121. The molecule has 8 nitrogen and oxygen atoms in total. The number of rotatable bonds is 21. The summed E-state index contributed by atoms with van der Waals surface area (Å²) in [6, 6.07) is 148. The van der Waals surface area contributed by atoms with Crippen molar-refractivity contribution in [2.75, 3.05) is 12.5 Å². The van der Waals surface area contributed by atoms with Gasteiger partial charge in [-0.25, -0.2) is 13.2 Å². The number of allylic oxidation sites excluding steroid dienone is 11. The third-order valence-electron chi connectivity index (χ3n) is 23.1. The Bertz CT molecular complexity index is 5950. The number of hydrogen-bond acceptors (Lipinski definition) is 8. The van der Waals surface area contributed by atoms with Gasteiger partial charge in [-0.1, -0.05) is 475 Å². The van der Waals surface area contributed by atoms with Gasteiger partial charge in [-0.2, -0.15) is 11.8 Å². The van der Waals surface area contributed by atoms with E-state index >= 15 is 0 Å². The molecule has 5 aliphatic rings. The number of Topliss-reactive ketones (excluding diaryl/α,β-unsaturated/α-hetero) is 1. The predicted molar refractivity (Wildman–Crippen MR) is 640 cm³/mol. The summed E-state index contributed by atoms with van der Waals surface area (Å²) in [6.07, 6.45) is 31.6. The minimum atomic E-state index is -1.59. The number of aliphatic hydroxyl groups is 1. The van der Waals surface area contributed by atoms with Gasteiger partial charge in [0.25, 0.3) is 0 Å². The molecule has 0 saturated heterocycles. The van der Waals surface area contributed by atoms with Crippen LogP contribution in [-0.2, 0) is 41.2 Å². The summed E-state index contributed by atoms with van der Waals surface area (Å²) in [4.78, 5) is 37.1. The van der Waals surface area contributed by atoms with Crippen molar-refractivity contribution in [3.63, 3.8) is 0 Å². The summed E-state index contributed by atoms with van der Waals surface area (Å²) >= 11 is 16.5. The van der Waals surface area contributed by atoms with Crippen LogP contribution in [-0.4, -0.2) is 77.6 Å². The smallest absolute Gasteiger partial charge is 0.423 e. The number of aromatic nitrogens is 2. The number of halogens is 6. The zero-order valence-electron chi connectivity index (χ0n) is 82.3. The molecule has 5 aliphatic carbocycles. The van der Waals surface area contributed by atoms with Gasteiger partial charge in [0.05, 0.1) is 10.6 Å². The van der Waals surface area contributed by atoms with Crippen LogP contribution in [0.1, 0.15) is 81.0 Å². The first-order chi connectivity index (χ1) is 71.4. The molecule has 0 spiro atoms. The van der Waals surface area contributed by atoms with Crippen molar-refractivity contribution < 1.29 is 63.1 Å². The Morgan fingerprint density at radius 2 is 0.689 bits per heavy atom. The number of aldehydes is 2. The molecule has 0 aliphatic heterocycles. The molecule has 0 fully saturated rings. The van der Waals surface area contributed by atoms with Gasteiger partial charge in [0.1, 0.15) is 30.0 Å². The van der Waals surface area contributed by atoms with Crippen molar-refractivity contribution in [2.45, 2.75) is 76.7 Å². The van der Waals surface area contributed by atoms with E-state index in [4.69, 9.17) is 27.4 Å². The molecule has 148 heavy (non-hydrogen) atoms. The Morgan fingerprint density at radius 1 is 0.392 bits per heavy atom. The molecule has 0 unspecified atom stereocenters. The van der Waals surface area contributed by atoms with Crippen LogP contribution in [0.15, 0.2) is 499 Å². The second-order valence-electron chi connectivity index (χ2n) is 33.6. The zero-order valence-corrected chi connectivity index (χ0v) is 93.9. The Labute approximate surface area is 927 Å². The van der Waals surface area contributed by atoms with Crippen LogP contribution < -0.4 is 69.1 Å². The van der Waals surface area contributed by atoms with E-state index in [0.29, 0.717) is 35.9 Å². The fourth-order valence-corrected chi connectivity index (χ4v) is 27.1. The van der Waals surface area contributed by atoms with Crippen molar-refractivity contribution in [2.24, 2.45) is 17.8 Å². The van der Waals surface area contributed by atoms with Gasteiger partial charge in [-0.3, -0.25) is 4.79 Å². The van der Waals surface area contributed by atoms with Crippen LogP contribution >= 0.6 is 103 Å². The predicted octanol–water partition coefficient (Wildman–Crippen LogP) is 26.4. The molecule has 3 radical (unpaired) electrons. The van der Waals surface area contributed by atoms with Gasteiger partial charge in [0.2, 0.25) is 0 Å². The largest absolute Gasteiger partial charge is 0.488 e. The number of benzene rings is 15. The second kappa shape index (κ2) is 68.8. The molecule has 1 heterocycles. The fourth-order valence-electron chi connectivity index (χ4n) is 16.3. The van der Waals surface area contributed by atoms with Crippen molar-refractivity contribution in [3.8, 4) is 0 Å². The number of ketones is 1. The van der Waals surface area contributed by atoms with Crippen LogP contribution in [0.2, 0.25) is 0 Å². The number of aliphatic hydroxyl groups excluding tert-OH is 1. The molecular formula is C125H119B2Br3F3N2O6P4PdS2. The number of hydrogen-bond donors (Lipinski definition) is 5. The Kier molecular flexibility index (Phi) is 56.1. The third kappa shape index (κ3) is 40.8. The van der Waals surface area contributed by atoms with Crippen LogP contribution in [0, 0.1) is 40.0 Å². The second-order valence-corrected chi connectivity index (χ2v) is 46.4. The Hall–Kier alpha value is -10.8. The van der Waals surface area contributed by atoms with E-state index in [-0.39, 0.29) is 63.7 Å². The maximum atomic E-state index is 13.3. The minimum absolute atomic E-state index is 0. The number of carbonyl (C=O) groups is 3. The maximum absolute atomic E-state index is 13.3. The minimum Gasteiger partial charge on any atom is -0.423 e. The molecule has 0 bridgehead atoms. The molecule has 1 aromatic heterocycles.